The molecule has 0 aliphatic heterocycles. The van der Waals surface area contributed by atoms with Crippen molar-refractivity contribution in [1.29, 1.82) is 0 Å². The number of nitrogens with one attached hydrogen (secondary N) is 1. The number of urea groups is 1. The third-order valence-corrected chi connectivity index (χ3v) is 8.36. The van der Waals surface area contributed by atoms with Crippen LogP contribution in [0.1, 0.15) is 42.5 Å². The first kappa shape index (κ1) is 32.5. The molecule has 7 nitrogen and oxygen atoms in total. The van der Waals surface area contributed by atoms with Crippen molar-refractivity contribution < 1.29 is 24.2 Å². The number of nitrogens with zero attached hydrogens (tertiary/aromatic N) is 1. The molecule has 0 unspecified atom stereocenters. The largest absolute Gasteiger partial charge is 0.480 e. The predicted octanol–water partition coefficient (Wildman–Crippen LogP) is 6.97. The SMILES string of the molecule is CC(C)CN(C[C@H](Cc1ccccc1)C(=O)Oc1ccc2c(c1)CCC2)C(=O)N[C@@H](Cc1ccc(-c2ccccc2)cc1)C(=O)O. The van der Waals surface area contributed by atoms with E-state index in [4.69, 9.17) is 4.74 Å². The Morgan fingerprint density at radius 1 is 0.761 bits per heavy atom. The molecule has 1 aliphatic rings. The van der Waals surface area contributed by atoms with Crippen molar-refractivity contribution in [1.82, 2.24) is 10.2 Å². The Morgan fingerprint density at radius 3 is 2.07 bits per heavy atom. The Labute approximate surface area is 271 Å². The third kappa shape index (κ3) is 8.84. The van der Waals surface area contributed by atoms with Crippen LogP contribution in [0.5, 0.6) is 5.75 Å². The standard InChI is InChI=1S/C39H42N2O5/c1-27(2)25-41(39(45)40-36(37(42)43)23-29-16-18-32(19-17-29)30-12-7-4-8-13-30)26-34(22-28-10-5-3-6-11-28)38(44)46-35-21-20-31-14-9-15-33(31)24-35/h3-8,10-13,16-21,24,27,34,36H,9,14-15,22-23,25-26H2,1-2H3,(H,40,45)(H,42,43)/t34-,36-/m0/s1. The number of hydrogen-bond acceptors (Lipinski definition) is 4. The normalized spacial score (nSPS) is 13.5. The molecule has 46 heavy (non-hydrogen) atoms. The number of aliphatic carboxylic acids is 1. The minimum absolute atomic E-state index is 0.0841. The van der Waals surface area contributed by atoms with Crippen LogP contribution < -0.4 is 10.1 Å². The molecule has 2 N–H and O–H groups in total. The molecule has 238 valence electrons. The lowest BCUT2D eigenvalue weighted by atomic mass is 9.98. The third-order valence-electron chi connectivity index (χ3n) is 8.36. The fourth-order valence-electron chi connectivity index (χ4n) is 6.02. The molecular formula is C39H42N2O5. The van der Waals surface area contributed by atoms with Gasteiger partial charge in [0.25, 0.3) is 0 Å². The summed E-state index contributed by atoms with van der Waals surface area (Å²) in [6.45, 7) is 4.40. The average molecular weight is 619 g/mol. The zero-order valence-electron chi connectivity index (χ0n) is 26.5. The summed E-state index contributed by atoms with van der Waals surface area (Å²) in [5.41, 5.74) is 6.34. The summed E-state index contributed by atoms with van der Waals surface area (Å²) in [4.78, 5) is 41.3. The topological polar surface area (TPSA) is 95.9 Å². The van der Waals surface area contributed by atoms with Gasteiger partial charge in [0.2, 0.25) is 0 Å². The lowest BCUT2D eigenvalue weighted by Crippen LogP contribution is -2.51. The highest BCUT2D eigenvalue weighted by Crippen LogP contribution is 2.27. The van der Waals surface area contributed by atoms with Gasteiger partial charge in [-0.15, -0.1) is 0 Å². The molecular weight excluding hydrogens is 576 g/mol. The van der Waals surface area contributed by atoms with Crippen LogP contribution in [0.3, 0.4) is 0 Å². The Balaban J connectivity index is 1.31. The first-order valence-electron chi connectivity index (χ1n) is 16.0. The van der Waals surface area contributed by atoms with Gasteiger partial charge in [0, 0.05) is 19.5 Å². The molecule has 4 aromatic carbocycles. The van der Waals surface area contributed by atoms with E-state index in [0.717, 1.165) is 41.5 Å². The van der Waals surface area contributed by atoms with E-state index in [9.17, 15) is 19.5 Å². The fourth-order valence-corrected chi connectivity index (χ4v) is 6.02. The van der Waals surface area contributed by atoms with Gasteiger partial charge in [-0.25, -0.2) is 9.59 Å². The number of aryl methyl sites for hydroxylation is 2. The van der Waals surface area contributed by atoms with Crippen LogP contribution in [-0.4, -0.2) is 47.1 Å². The van der Waals surface area contributed by atoms with E-state index in [1.165, 1.54) is 11.1 Å². The van der Waals surface area contributed by atoms with Crippen LogP contribution in [0, 0.1) is 11.8 Å². The molecule has 0 spiro atoms. The monoisotopic (exact) mass is 618 g/mol. The van der Waals surface area contributed by atoms with Crippen molar-refractivity contribution in [2.75, 3.05) is 13.1 Å². The maximum absolute atomic E-state index is 13.7. The van der Waals surface area contributed by atoms with E-state index < -0.39 is 29.9 Å². The van der Waals surface area contributed by atoms with Crippen LogP contribution in [0.25, 0.3) is 11.1 Å². The van der Waals surface area contributed by atoms with Crippen molar-refractivity contribution in [3.8, 4) is 16.9 Å². The molecule has 0 radical (unpaired) electrons. The summed E-state index contributed by atoms with van der Waals surface area (Å²) in [6, 6.07) is 31.4. The van der Waals surface area contributed by atoms with Crippen molar-refractivity contribution in [2.45, 2.75) is 52.0 Å². The molecule has 0 aromatic heterocycles. The summed E-state index contributed by atoms with van der Waals surface area (Å²) >= 11 is 0. The van der Waals surface area contributed by atoms with Gasteiger partial charge < -0.3 is 20.1 Å². The molecule has 5 rings (SSSR count). The van der Waals surface area contributed by atoms with Crippen LogP contribution in [0.2, 0.25) is 0 Å². The van der Waals surface area contributed by atoms with E-state index in [0.29, 0.717) is 18.7 Å². The van der Waals surface area contributed by atoms with Crippen LogP contribution >= 0.6 is 0 Å². The number of benzene rings is 4. The number of hydrogen-bond donors (Lipinski definition) is 2. The number of rotatable bonds is 13. The summed E-state index contributed by atoms with van der Waals surface area (Å²) in [5.74, 6) is -1.61. The number of fused-ring (bicyclic) bond motifs is 1. The van der Waals surface area contributed by atoms with Gasteiger partial charge in [0.1, 0.15) is 11.8 Å². The predicted molar refractivity (Wildman–Crippen MR) is 180 cm³/mol. The second-order valence-corrected chi connectivity index (χ2v) is 12.5. The maximum atomic E-state index is 13.7. The van der Waals surface area contributed by atoms with E-state index in [1.54, 1.807) is 4.90 Å². The van der Waals surface area contributed by atoms with E-state index in [2.05, 4.69) is 5.32 Å². The van der Waals surface area contributed by atoms with Gasteiger partial charge in [-0.2, -0.15) is 0 Å². The Kier molecular flexibility index (Phi) is 10.9. The fraction of sp³-hybridized carbons (Fsp3) is 0.308. The number of esters is 1. The summed E-state index contributed by atoms with van der Waals surface area (Å²) in [7, 11) is 0. The molecule has 7 heteroatoms. The van der Waals surface area contributed by atoms with Gasteiger partial charge in [0.15, 0.2) is 0 Å². The van der Waals surface area contributed by atoms with Crippen LogP contribution in [0.4, 0.5) is 4.79 Å². The highest BCUT2D eigenvalue weighted by atomic mass is 16.5. The number of carbonyl (C=O) groups excluding carboxylic acids is 2. The highest BCUT2D eigenvalue weighted by Gasteiger charge is 2.30. The van der Waals surface area contributed by atoms with E-state index in [-0.39, 0.29) is 18.9 Å². The molecule has 0 saturated heterocycles. The number of ether oxygens (including phenoxy) is 1. The van der Waals surface area contributed by atoms with Gasteiger partial charge >= 0.3 is 18.0 Å². The Morgan fingerprint density at radius 2 is 1.39 bits per heavy atom. The molecule has 0 saturated carbocycles. The van der Waals surface area contributed by atoms with E-state index >= 15 is 0 Å². The lowest BCUT2D eigenvalue weighted by Gasteiger charge is -2.30. The summed E-state index contributed by atoms with van der Waals surface area (Å²) in [6.07, 6.45) is 3.61. The van der Waals surface area contributed by atoms with Crippen LogP contribution in [0.15, 0.2) is 103 Å². The molecule has 0 bridgehead atoms. The zero-order valence-corrected chi connectivity index (χ0v) is 26.5. The highest BCUT2D eigenvalue weighted by molar-refractivity contribution is 5.83. The first-order valence-corrected chi connectivity index (χ1v) is 16.0. The number of carboxylic acids is 1. The Bertz CT molecular complexity index is 1620. The summed E-state index contributed by atoms with van der Waals surface area (Å²) < 4.78 is 5.91. The van der Waals surface area contributed by atoms with Crippen molar-refractivity contribution >= 4 is 18.0 Å². The Hall–Kier alpha value is -4.91. The number of amides is 2. The average Bonchev–Trinajstić information content (AvgIpc) is 3.53. The van der Waals surface area contributed by atoms with Crippen molar-refractivity contribution in [2.24, 2.45) is 11.8 Å². The lowest BCUT2D eigenvalue weighted by molar-refractivity contribution is -0.140. The molecule has 1 aliphatic carbocycles. The first-order chi connectivity index (χ1) is 22.2. The second-order valence-electron chi connectivity index (χ2n) is 12.5. The summed E-state index contributed by atoms with van der Waals surface area (Å²) in [5, 5.41) is 12.8. The van der Waals surface area contributed by atoms with Gasteiger partial charge in [-0.1, -0.05) is 105 Å². The second kappa shape index (κ2) is 15.4. The van der Waals surface area contributed by atoms with Gasteiger partial charge in [-0.05, 0) is 77.1 Å². The molecule has 0 fully saturated rings. The molecule has 4 aromatic rings. The molecule has 0 heterocycles. The molecule has 2 amide bonds. The zero-order chi connectivity index (χ0) is 32.5. The van der Waals surface area contributed by atoms with Gasteiger partial charge in [-0.3, -0.25) is 4.79 Å². The quantitative estimate of drug-likeness (QED) is 0.125. The van der Waals surface area contributed by atoms with E-state index in [1.807, 2.05) is 117 Å². The molecule has 2 atom stereocenters. The van der Waals surface area contributed by atoms with Crippen LogP contribution in [-0.2, 0) is 35.3 Å². The minimum Gasteiger partial charge on any atom is -0.480 e. The smallest absolute Gasteiger partial charge is 0.326 e. The van der Waals surface area contributed by atoms with Crippen molar-refractivity contribution in [3.05, 3.63) is 125 Å². The number of carbonyl (C=O) groups is 3. The number of carboxylic acid groups (broad SMARTS) is 1. The van der Waals surface area contributed by atoms with Crippen molar-refractivity contribution in [3.63, 3.8) is 0 Å². The maximum Gasteiger partial charge on any atom is 0.326 e. The minimum atomic E-state index is -1.14. The van der Waals surface area contributed by atoms with Gasteiger partial charge in [0.05, 0.1) is 5.92 Å².